The minimum atomic E-state index is -1.28. The van der Waals surface area contributed by atoms with Gasteiger partial charge in [0.1, 0.15) is 11.8 Å². The highest BCUT2D eigenvalue weighted by Gasteiger charge is 2.49. The third kappa shape index (κ3) is 3.00. The number of carbonyl (C=O) groups is 3. The summed E-state index contributed by atoms with van der Waals surface area (Å²) in [5.41, 5.74) is 1.84. The Labute approximate surface area is 144 Å². The summed E-state index contributed by atoms with van der Waals surface area (Å²) in [7, 11) is 0. The summed E-state index contributed by atoms with van der Waals surface area (Å²) in [6.07, 6.45) is 0. The topological polar surface area (TPSA) is 123 Å². The van der Waals surface area contributed by atoms with Crippen LogP contribution in [0, 0.1) is 0 Å². The summed E-state index contributed by atoms with van der Waals surface area (Å²) in [5.74, 6) is -2.59. The third-order valence-electron chi connectivity index (χ3n) is 4.07. The second-order valence-corrected chi connectivity index (χ2v) is 5.87. The summed E-state index contributed by atoms with van der Waals surface area (Å²) >= 11 is 0. The first-order valence-corrected chi connectivity index (χ1v) is 7.58. The van der Waals surface area contributed by atoms with Crippen LogP contribution in [0.5, 0.6) is 5.75 Å². The lowest BCUT2D eigenvalue weighted by Crippen LogP contribution is -2.59. The molecule has 1 aliphatic heterocycles. The number of carbonyl (C=O) groups excluding carboxylic acids is 2. The molecule has 0 radical (unpaired) electrons. The molecular weight excluding hydrogens is 328 g/mol. The lowest BCUT2D eigenvalue weighted by Gasteiger charge is -2.40. The summed E-state index contributed by atoms with van der Waals surface area (Å²) in [6, 6.07) is 5.23. The van der Waals surface area contributed by atoms with E-state index in [1.807, 2.05) is 0 Å². The first-order valence-electron chi connectivity index (χ1n) is 7.58. The second kappa shape index (κ2) is 6.42. The monoisotopic (exact) mass is 348 g/mol. The Bertz CT molecular complexity index is 749. The zero-order chi connectivity index (χ0) is 18.9. The van der Waals surface area contributed by atoms with Crippen LogP contribution in [0.3, 0.4) is 0 Å². The zero-order valence-electron chi connectivity index (χ0n) is 14.3. The van der Waals surface area contributed by atoms with Crippen molar-refractivity contribution in [3.63, 3.8) is 0 Å². The van der Waals surface area contributed by atoms with Gasteiger partial charge in [-0.25, -0.2) is 9.69 Å². The van der Waals surface area contributed by atoms with Crippen LogP contribution in [-0.4, -0.2) is 49.8 Å². The molecule has 0 fully saturated rings. The highest BCUT2D eigenvalue weighted by atomic mass is 16.4. The number of nitrogens with one attached hydrogen (secondary N) is 1. The van der Waals surface area contributed by atoms with Crippen molar-refractivity contribution in [2.75, 3.05) is 0 Å². The summed E-state index contributed by atoms with van der Waals surface area (Å²) in [4.78, 5) is 37.5. The molecule has 0 saturated carbocycles. The van der Waals surface area contributed by atoms with Crippen LogP contribution in [-0.2, 0) is 20.0 Å². The van der Waals surface area contributed by atoms with E-state index in [2.05, 4.69) is 10.5 Å². The van der Waals surface area contributed by atoms with Gasteiger partial charge >= 0.3 is 5.97 Å². The molecule has 0 aliphatic carbocycles. The van der Waals surface area contributed by atoms with Crippen LogP contribution in [0.4, 0.5) is 0 Å². The lowest BCUT2D eigenvalue weighted by atomic mass is 9.97. The zero-order valence-corrected chi connectivity index (χ0v) is 14.3. The van der Waals surface area contributed by atoms with E-state index in [1.165, 1.54) is 31.7 Å². The predicted octanol–water partition coefficient (Wildman–Crippen LogP) is 0.609. The smallest absolute Gasteiger partial charge is 0.326 e. The average molecular weight is 348 g/mol. The Kier molecular flexibility index (Phi) is 4.69. The van der Waals surface area contributed by atoms with Crippen molar-refractivity contribution < 1.29 is 24.6 Å². The number of amides is 2. The number of imide groups is 1. The molecule has 1 aliphatic rings. The third-order valence-corrected chi connectivity index (χ3v) is 4.07. The number of para-hydroxylation sites is 1. The number of rotatable bonds is 3. The van der Waals surface area contributed by atoms with Gasteiger partial charge in [-0.3, -0.25) is 19.9 Å². The number of benzene rings is 1. The molecule has 0 saturated heterocycles. The van der Waals surface area contributed by atoms with Gasteiger partial charge in [0.05, 0.1) is 0 Å². The minimum Gasteiger partial charge on any atom is -0.508 e. The maximum Gasteiger partial charge on any atom is 0.326 e. The van der Waals surface area contributed by atoms with Crippen molar-refractivity contribution in [2.24, 2.45) is 5.10 Å². The highest BCUT2D eigenvalue weighted by molar-refractivity contribution is 6.11. The SMILES string of the molecule is CC(=O)N(C(C)=O)C1=NNC(C)(c2ccccc2O)N1C(C)C(=O)O. The fourth-order valence-corrected chi connectivity index (χ4v) is 2.87. The Balaban J connectivity index is 2.62. The molecule has 9 heteroatoms. The van der Waals surface area contributed by atoms with Gasteiger partial charge in [-0.05, 0) is 19.9 Å². The molecule has 2 unspecified atom stereocenters. The minimum absolute atomic E-state index is 0.0752. The Morgan fingerprint density at radius 1 is 1.24 bits per heavy atom. The standard InChI is InChI=1S/C16H20N4O5/c1-9(14(24)25)20-15(19(10(2)21)11(3)22)17-18-16(20,4)12-7-5-6-8-13(12)23/h5-9,18,23H,1-4H3,(H,24,25). The molecule has 2 amide bonds. The lowest BCUT2D eigenvalue weighted by molar-refractivity contribution is -0.145. The maximum absolute atomic E-state index is 11.9. The van der Waals surface area contributed by atoms with Crippen molar-refractivity contribution in [1.82, 2.24) is 15.2 Å². The van der Waals surface area contributed by atoms with E-state index >= 15 is 0 Å². The fourth-order valence-electron chi connectivity index (χ4n) is 2.87. The highest BCUT2D eigenvalue weighted by Crippen LogP contribution is 2.37. The van der Waals surface area contributed by atoms with Crippen molar-refractivity contribution in [3.8, 4) is 5.75 Å². The van der Waals surface area contributed by atoms with Crippen LogP contribution in [0.25, 0.3) is 0 Å². The number of carboxylic acid groups (broad SMARTS) is 1. The van der Waals surface area contributed by atoms with E-state index in [0.717, 1.165) is 4.90 Å². The fraction of sp³-hybridized carbons (Fsp3) is 0.375. The summed E-state index contributed by atoms with van der Waals surface area (Å²) in [5, 5.41) is 23.7. The van der Waals surface area contributed by atoms with Gasteiger partial charge in [-0.15, -0.1) is 5.10 Å². The number of phenols is 1. The van der Waals surface area contributed by atoms with Crippen LogP contribution in [0.15, 0.2) is 29.4 Å². The Morgan fingerprint density at radius 2 is 1.80 bits per heavy atom. The molecule has 9 nitrogen and oxygen atoms in total. The number of phenolic OH excluding ortho intramolecular Hbond substituents is 1. The molecule has 2 rings (SSSR count). The summed E-state index contributed by atoms with van der Waals surface area (Å²) in [6.45, 7) is 5.38. The largest absolute Gasteiger partial charge is 0.508 e. The molecule has 2 atom stereocenters. The van der Waals surface area contributed by atoms with Gasteiger partial charge < -0.3 is 10.2 Å². The van der Waals surface area contributed by atoms with Crippen molar-refractivity contribution in [2.45, 2.75) is 39.4 Å². The number of aliphatic carboxylic acids is 1. The number of nitrogens with zero attached hydrogens (tertiary/aromatic N) is 3. The normalized spacial score (nSPS) is 20.5. The van der Waals surface area contributed by atoms with Crippen molar-refractivity contribution in [1.29, 1.82) is 0 Å². The van der Waals surface area contributed by atoms with Gasteiger partial charge in [0.25, 0.3) is 0 Å². The van der Waals surface area contributed by atoms with Gasteiger partial charge in [-0.1, -0.05) is 18.2 Å². The molecule has 0 aromatic heterocycles. The molecule has 1 aromatic carbocycles. The van der Waals surface area contributed by atoms with Crippen molar-refractivity contribution in [3.05, 3.63) is 29.8 Å². The molecule has 0 spiro atoms. The van der Waals surface area contributed by atoms with Gasteiger partial charge in [-0.2, -0.15) is 0 Å². The van der Waals surface area contributed by atoms with Crippen LogP contribution in [0.1, 0.15) is 33.3 Å². The molecule has 3 N–H and O–H groups in total. The maximum atomic E-state index is 11.9. The van der Waals surface area contributed by atoms with E-state index in [-0.39, 0.29) is 11.7 Å². The van der Waals surface area contributed by atoms with Crippen LogP contribution >= 0.6 is 0 Å². The number of hydrazone groups is 1. The summed E-state index contributed by atoms with van der Waals surface area (Å²) < 4.78 is 0. The number of guanidine groups is 1. The van der Waals surface area contributed by atoms with Gasteiger partial charge in [0.2, 0.25) is 17.8 Å². The molecule has 25 heavy (non-hydrogen) atoms. The van der Waals surface area contributed by atoms with E-state index in [0.29, 0.717) is 5.56 Å². The number of carboxylic acids is 1. The van der Waals surface area contributed by atoms with E-state index < -0.39 is 29.5 Å². The number of aromatic hydroxyl groups is 1. The molecule has 1 aromatic rings. The average Bonchev–Trinajstić information content (AvgIpc) is 2.84. The van der Waals surface area contributed by atoms with Crippen molar-refractivity contribution >= 4 is 23.7 Å². The quantitative estimate of drug-likeness (QED) is 0.731. The first-order chi connectivity index (χ1) is 11.6. The molecular formula is C16H20N4O5. The molecule has 1 heterocycles. The van der Waals surface area contributed by atoms with Crippen LogP contribution in [0.2, 0.25) is 0 Å². The number of hydrogen-bond donors (Lipinski definition) is 3. The first kappa shape index (κ1) is 18.2. The van der Waals surface area contributed by atoms with E-state index in [9.17, 15) is 24.6 Å². The second-order valence-electron chi connectivity index (χ2n) is 5.87. The Hall–Kier alpha value is -3.10. The molecule has 134 valence electrons. The Morgan fingerprint density at radius 3 is 2.28 bits per heavy atom. The van der Waals surface area contributed by atoms with E-state index in [1.54, 1.807) is 25.1 Å². The molecule has 0 bridgehead atoms. The predicted molar refractivity (Wildman–Crippen MR) is 88.2 cm³/mol. The van der Waals surface area contributed by atoms with Gasteiger partial charge in [0, 0.05) is 19.4 Å². The van der Waals surface area contributed by atoms with E-state index in [4.69, 9.17) is 0 Å². The van der Waals surface area contributed by atoms with Gasteiger partial charge in [0.15, 0.2) is 5.66 Å². The van der Waals surface area contributed by atoms with Crippen LogP contribution < -0.4 is 5.43 Å². The number of hydrogen-bond acceptors (Lipinski definition) is 7.